The second-order valence-electron chi connectivity index (χ2n) is 4.96. The number of fused-ring (bicyclic) bond motifs is 1. The van der Waals surface area contributed by atoms with Gasteiger partial charge in [0.25, 0.3) is 0 Å². The third kappa shape index (κ3) is 2.88. The maximum atomic E-state index is 5.99. The van der Waals surface area contributed by atoms with Gasteiger partial charge >= 0.3 is 0 Å². The van der Waals surface area contributed by atoms with Gasteiger partial charge in [0.2, 0.25) is 0 Å². The molecule has 0 saturated heterocycles. The molecular formula is C16H15ClINO. The molecule has 0 spiro atoms. The molecule has 1 aliphatic rings. The Morgan fingerprint density at radius 2 is 2.10 bits per heavy atom. The molecule has 0 saturated carbocycles. The van der Waals surface area contributed by atoms with Crippen LogP contribution >= 0.6 is 34.2 Å². The minimum atomic E-state index is 0.246. The van der Waals surface area contributed by atoms with Crippen molar-refractivity contribution in [2.75, 3.05) is 11.9 Å². The second-order valence-corrected chi connectivity index (χ2v) is 6.55. The zero-order valence-electron chi connectivity index (χ0n) is 11.1. The van der Waals surface area contributed by atoms with Gasteiger partial charge in [-0.2, -0.15) is 0 Å². The third-order valence-corrected chi connectivity index (χ3v) is 4.64. The Hall–Kier alpha value is -0.940. The number of rotatable bonds is 3. The molecule has 0 aliphatic carbocycles. The lowest BCUT2D eigenvalue weighted by molar-refractivity contribution is 0.357. The van der Waals surface area contributed by atoms with Gasteiger partial charge in [-0.3, -0.25) is 0 Å². The molecule has 1 N–H and O–H groups in total. The molecule has 0 aromatic heterocycles. The van der Waals surface area contributed by atoms with E-state index in [1.54, 1.807) is 0 Å². The predicted molar refractivity (Wildman–Crippen MR) is 91.8 cm³/mol. The summed E-state index contributed by atoms with van der Waals surface area (Å²) < 4.78 is 6.68. The van der Waals surface area contributed by atoms with Crippen LogP contribution in [0.25, 0.3) is 0 Å². The van der Waals surface area contributed by atoms with E-state index < -0.39 is 0 Å². The summed E-state index contributed by atoms with van der Waals surface area (Å²) in [6, 6.07) is 12.6. The molecule has 0 amide bonds. The van der Waals surface area contributed by atoms with Gasteiger partial charge in [-0.15, -0.1) is 0 Å². The maximum absolute atomic E-state index is 5.99. The third-order valence-electron chi connectivity index (χ3n) is 3.52. The van der Waals surface area contributed by atoms with E-state index in [1.165, 1.54) is 11.1 Å². The highest BCUT2D eigenvalue weighted by Crippen LogP contribution is 2.30. The molecule has 104 valence electrons. The molecule has 1 aliphatic heterocycles. The average Bonchev–Trinajstić information content (AvgIpc) is 2.89. The minimum Gasteiger partial charge on any atom is -0.493 e. The second kappa shape index (κ2) is 5.82. The summed E-state index contributed by atoms with van der Waals surface area (Å²) in [7, 11) is 0. The molecule has 4 heteroatoms. The van der Waals surface area contributed by atoms with Gasteiger partial charge in [-0.25, -0.2) is 0 Å². The highest BCUT2D eigenvalue weighted by molar-refractivity contribution is 14.1. The van der Waals surface area contributed by atoms with Crippen LogP contribution in [0, 0.1) is 3.57 Å². The van der Waals surface area contributed by atoms with Crippen LogP contribution in [0.3, 0.4) is 0 Å². The van der Waals surface area contributed by atoms with E-state index in [9.17, 15) is 0 Å². The number of hydrogen-bond donors (Lipinski definition) is 1. The average molecular weight is 400 g/mol. The Morgan fingerprint density at radius 3 is 2.90 bits per heavy atom. The molecule has 20 heavy (non-hydrogen) atoms. The lowest BCUT2D eigenvalue weighted by Crippen LogP contribution is -2.07. The number of benzene rings is 2. The first-order valence-electron chi connectivity index (χ1n) is 6.61. The van der Waals surface area contributed by atoms with Crippen molar-refractivity contribution in [2.24, 2.45) is 0 Å². The Morgan fingerprint density at radius 1 is 1.25 bits per heavy atom. The highest BCUT2D eigenvalue weighted by Gasteiger charge is 2.15. The molecule has 1 atom stereocenters. The van der Waals surface area contributed by atoms with Crippen LogP contribution in [0.2, 0.25) is 5.02 Å². The van der Waals surface area contributed by atoms with Gasteiger partial charge in [-0.05, 0) is 71.0 Å². The van der Waals surface area contributed by atoms with E-state index in [1.807, 2.05) is 18.2 Å². The molecule has 3 rings (SSSR count). The molecule has 0 radical (unpaired) electrons. The van der Waals surface area contributed by atoms with Gasteiger partial charge in [0.05, 0.1) is 6.61 Å². The van der Waals surface area contributed by atoms with Crippen molar-refractivity contribution in [3.8, 4) is 5.75 Å². The van der Waals surface area contributed by atoms with Gasteiger partial charge < -0.3 is 10.1 Å². The van der Waals surface area contributed by atoms with Crippen molar-refractivity contribution in [2.45, 2.75) is 19.4 Å². The Kier molecular flexibility index (Phi) is 4.08. The summed E-state index contributed by atoms with van der Waals surface area (Å²) in [6.07, 6.45) is 1.01. The van der Waals surface area contributed by atoms with Gasteiger partial charge in [0.15, 0.2) is 0 Å². The Labute approximate surface area is 137 Å². The fourth-order valence-electron chi connectivity index (χ4n) is 2.40. The van der Waals surface area contributed by atoms with E-state index in [0.717, 1.165) is 33.1 Å². The van der Waals surface area contributed by atoms with Crippen LogP contribution in [-0.2, 0) is 6.42 Å². The first kappa shape index (κ1) is 14.0. The number of nitrogens with one attached hydrogen (secondary N) is 1. The van der Waals surface area contributed by atoms with E-state index in [2.05, 4.69) is 53.0 Å². The fourth-order valence-corrected chi connectivity index (χ4v) is 3.43. The van der Waals surface area contributed by atoms with Crippen molar-refractivity contribution < 1.29 is 4.74 Å². The lowest BCUT2D eigenvalue weighted by atomic mass is 10.0. The van der Waals surface area contributed by atoms with Crippen LogP contribution in [-0.4, -0.2) is 6.61 Å². The first-order chi connectivity index (χ1) is 9.63. The van der Waals surface area contributed by atoms with Crippen molar-refractivity contribution in [1.29, 1.82) is 0 Å². The largest absolute Gasteiger partial charge is 0.493 e. The number of hydrogen-bond acceptors (Lipinski definition) is 2. The smallest absolute Gasteiger partial charge is 0.122 e. The first-order valence-corrected chi connectivity index (χ1v) is 8.06. The summed E-state index contributed by atoms with van der Waals surface area (Å²) in [5.74, 6) is 1.03. The summed E-state index contributed by atoms with van der Waals surface area (Å²) in [4.78, 5) is 0. The molecule has 1 heterocycles. The maximum Gasteiger partial charge on any atom is 0.122 e. The van der Waals surface area contributed by atoms with Crippen LogP contribution in [0.1, 0.15) is 24.1 Å². The molecule has 1 unspecified atom stereocenters. The SMILES string of the molecule is CC(Nc1ccc(Cl)cc1I)c1ccc2c(c1)CCO2. The van der Waals surface area contributed by atoms with E-state index in [4.69, 9.17) is 16.3 Å². The summed E-state index contributed by atoms with van der Waals surface area (Å²) in [6.45, 7) is 2.97. The zero-order valence-corrected chi connectivity index (χ0v) is 14.0. The topological polar surface area (TPSA) is 21.3 Å². The predicted octanol–water partition coefficient (Wildman–Crippen LogP) is 5.05. The Bertz CT molecular complexity index is 644. The molecule has 2 nitrogen and oxygen atoms in total. The number of ether oxygens (including phenoxy) is 1. The van der Waals surface area contributed by atoms with Crippen molar-refractivity contribution >= 4 is 39.9 Å². The van der Waals surface area contributed by atoms with Gasteiger partial charge in [0, 0.05) is 26.7 Å². The van der Waals surface area contributed by atoms with Crippen molar-refractivity contribution in [3.63, 3.8) is 0 Å². The Balaban J connectivity index is 1.80. The van der Waals surface area contributed by atoms with Crippen LogP contribution in [0.4, 0.5) is 5.69 Å². The molecule has 0 bridgehead atoms. The summed E-state index contributed by atoms with van der Waals surface area (Å²) >= 11 is 8.29. The van der Waals surface area contributed by atoms with Gasteiger partial charge in [-0.1, -0.05) is 17.7 Å². The summed E-state index contributed by atoms with van der Waals surface area (Å²) in [5, 5.41) is 4.30. The number of halogens is 2. The molecular weight excluding hydrogens is 385 g/mol. The number of anilines is 1. The molecule has 0 fully saturated rings. The fraction of sp³-hybridized carbons (Fsp3) is 0.250. The van der Waals surface area contributed by atoms with Crippen molar-refractivity contribution in [1.82, 2.24) is 0 Å². The highest BCUT2D eigenvalue weighted by atomic mass is 127. The van der Waals surface area contributed by atoms with E-state index >= 15 is 0 Å². The van der Waals surface area contributed by atoms with E-state index in [-0.39, 0.29) is 6.04 Å². The van der Waals surface area contributed by atoms with E-state index in [0.29, 0.717) is 0 Å². The van der Waals surface area contributed by atoms with Gasteiger partial charge in [0.1, 0.15) is 5.75 Å². The van der Waals surface area contributed by atoms with Crippen LogP contribution in [0.5, 0.6) is 5.75 Å². The standard InChI is InChI=1S/C16H15ClINO/c1-10(19-15-4-3-13(17)9-14(15)18)11-2-5-16-12(8-11)6-7-20-16/h2-5,8-10,19H,6-7H2,1H3. The molecule has 2 aromatic carbocycles. The minimum absolute atomic E-state index is 0.246. The lowest BCUT2D eigenvalue weighted by Gasteiger charge is -2.17. The van der Waals surface area contributed by atoms with Crippen LogP contribution in [0.15, 0.2) is 36.4 Å². The normalized spacial score (nSPS) is 14.6. The van der Waals surface area contributed by atoms with Crippen molar-refractivity contribution in [3.05, 3.63) is 56.1 Å². The van der Waals surface area contributed by atoms with Crippen LogP contribution < -0.4 is 10.1 Å². The summed E-state index contributed by atoms with van der Waals surface area (Å²) in [5.41, 5.74) is 3.70. The zero-order chi connectivity index (χ0) is 14.1. The molecule has 2 aromatic rings. The quantitative estimate of drug-likeness (QED) is 0.729. The monoisotopic (exact) mass is 399 g/mol.